The maximum atomic E-state index is 11.9. The van der Waals surface area contributed by atoms with Gasteiger partial charge < -0.3 is 14.6 Å². The molecule has 136 valence electrons. The van der Waals surface area contributed by atoms with Crippen LogP contribution in [0.15, 0.2) is 4.52 Å². The second kappa shape index (κ2) is 8.19. The van der Waals surface area contributed by atoms with Gasteiger partial charge in [0.2, 0.25) is 0 Å². The van der Waals surface area contributed by atoms with E-state index in [1.165, 1.54) is 11.8 Å². The lowest BCUT2D eigenvalue weighted by Gasteiger charge is -2.07. The van der Waals surface area contributed by atoms with E-state index < -0.39 is 5.97 Å². The molecule has 8 nitrogen and oxygen atoms in total. The fraction of sp³-hybridized carbons (Fsp3) is 0.500. The first-order chi connectivity index (χ1) is 11.8. The lowest BCUT2D eigenvalue weighted by Crippen LogP contribution is -2.22. The summed E-state index contributed by atoms with van der Waals surface area (Å²) in [6, 6.07) is 0. The monoisotopic (exact) mass is 366 g/mol. The van der Waals surface area contributed by atoms with Crippen LogP contribution >= 0.6 is 11.8 Å². The molecule has 0 bridgehead atoms. The van der Waals surface area contributed by atoms with Gasteiger partial charge in [-0.25, -0.2) is 0 Å². The SMILES string of the molecule is Cc1noc(C)c1CSCC(=O)OCC(=O)Nc1c(C)nn(C)c1C. The molecule has 0 aliphatic rings. The molecule has 0 saturated heterocycles. The second-order valence-corrected chi connectivity index (χ2v) is 6.66. The molecule has 0 atom stereocenters. The highest BCUT2D eigenvalue weighted by Crippen LogP contribution is 2.20. The predicted octanol–water partition coefficient (Wildman–Crippen LogP) is 2.06. The maximum Gasteiger partial charge on any atom is 0.316 e. The van der Waals surface area contributed by atoms with Gasteiger partial charge in [0, 0.05) is 18.4 Å². The molecule has 1 amide bonds. The molecule has 2 aromatic heterocycles. The minimum absolute atomic E-state index is 0.155. The van der Waals surface area contributed by atoms with Gasteiger partial charge in [-0.3, -0.25) is 14.3 Å². The van der Waals surface area contributed by atoms with Crippen LogP contribution in [-0.2, 0) is 27.1 Å². The van der Waals surface area contributed by atoms with Crippen molar-refractivity contribution in [3.63, 3.8) is 0 Å². The van der Waals surface area contributed by atoms with Crippen molar-refractivity contribution in [1.29, 1.82) is 0 Å². The number of aromatic nitrogens is 3. The average Bonchev–Trinajstić information content (AvgIpc) is 3.00. The van der Waals surface area contributed by atoms with Crippen molar-refractivity contribution >= 4 is 29.3 Å². The second-order valence-electron chi connectivity index (χ2n) is 5.67. The zero-order chi connectivity index (χ0) is 18.6. The number of thioether (sulfide) groups is 1. The van der Waals surface area contributed by atoms with Gasteiger partial charge in [-0.05, 0) is 27.7 Å². The molecule has 0 radical (unpaired) electrons. The summed E-state index contributed by atoms with van der Waals surface area (Å²) in [7, 11) is 1.80. The van der Waals surface area contributed by atoms with Crippen LogP contribution < -0.4 is 5.32 Å². The van der Waals surface area contributed by atoms with Crippen LogP contribution in [0.3, 0.4) is 0 Å². The van der Waals surface area contributed by atoms with Crippen molar-refractivity contribution in [3.05, 3.63) is 28.4 Å². The van der Waals surface area contributed by atoms with Gasteiger partial charge in [0.25, 0.3) is 5.91 Å². The van der Waals surface area contributed by atoms with Crippen LogP contribution in [0.2, 0.25) is 0 Å². The number of carbonyl (C=O) groups is 2. The number of rotatable bonds is 7. The molecule has 0 aliphatic heterocycles. The summed E-state index contributed by atoms with van der Waals surface area (Å²) >= 11 is 1.39. The molecule has 2 rings (SSSR count). The van der Waals surface area contributed by atoms with E-state index in [0.717, 1.165) is 28.4 Å². The number of hydrogen-bond donors (Lipinski definition) is 1. The van der Waals surface area contributed by atoms with E-state index in [-0.39, 0.29) is 18.3 Å². The van der Waals surface area contributed by atoms with E-state index in [0.29, 0.717) is 11.4 Å². The Kier molecular flexibility index (Phi) is 6.24. The number of hydrogen-bond acceptors (Lipinski definition) is 7. The molecule has 0 fully saturated rings. The summed E-state index contributed by atoms with van der Waals surface area (Å²) in [4.78, 5) is 23.7. The summed E-state index contributed by atoms with van der Waals surface area (Å²) < 4.78 is 11.8. The van der Waals surface area contributed by atoms with E-state index in [9.17, 15) is 9.59 Å². The number of amides is 1. The third-order valence-electron chi connectivity index (χ3n) is 3.79. The highest BCUT2D eigenvalue weighted by molar-refractivity contribution is 7.99. The van der Waals surface area contributed by atoms with E-state index in [1.54, 1.807) is 18.7 Å². The summed E-state index contributed by atoms with van der Waals surface area (Å²) in [5, 5.41) is 10.8. The molecule has 0 saturated carbocycles. The van der Waals surface area contributed by atoms with Crippen molar-refractivity contribution < 1.29 is 18.8 Å². The zero-order valence-corrected chi connectivity index (χ0v) is 15.8. The Morgan fingerprint density at radius 1 is 1.24 bits per heavy atom. The number of esters is 1. The molecule has 0 aliphatic carbocycles. The van der Waals surface area contributed by atoms with Crippen LogP contribution in [0.4, 0.5) is 5.69 Å². The van der Waals surface area contributed by atoms with Crippen molar-refractivity contribution in [2.45, 2.75) is 33.4 Å². The number of carbonyl (C=O) groups excluding carboxylic acids is 2. The highest BCUT2D eigenvalue weighted by atomic mass is 32.2. The smallest absolute Gasteiger partial charge is 0.316 e. The average molecular weight is 366 g/mol. The Bertz CT molecular complexity index is 762. The summed E-state index contributed by atoms with van der Waals surface area (Å²) in [5.41, 5.74) is 4.01. The van der Waals surface area contributed by atoms with Gasteiger partial charge in [-0.15, -0.1) is 11.8 Å². The predicted molar refractivity (Wildman–Crippen MR) is 94.4 cm³/mol. The quantitative estimate of drug-likeness (QED) is 0.749. The first-order valence-corrected chi connectivity index (χ1v) is 8.90. The fourth-order valence-corrected chi connectivity index (χ4v) is 3.23. The summed E-state index contributed by atoms with van der Waals surface area (Å²) in [6.07, 6.45) is 0. The number of nitrogens with one attached hydrogen (secondary N) is 1. The molecule has 0 spiro atoms. The van der Waals surface area contributed by atoms with E-state index in [2.05, 4.69) is 15.6 Å². The molecule has 0 unspecified atom stereocenters. The Hall–Kier alpha value is -2.29. The van der Waals surface area contributed by atoms with Gasteiger partial charge in [0.1, 0.15) is 5.76 Å². The summed E-state index contributed by atoms with van der Waals surface area (Å²) in [5.74, 6) is 0.688. The maximum absolute atomic E-state index is 11.9. The minimum Gasteiger partial charge on any atom is -0.455 e. The number of ether oxygens (including phenoxy) is 1. The van der Waals surface area contributed by atoms with Crippen molar-refractivity contribution in [3.8, 4) is 0 Å². The van der Waals surface area contributed by atoms with Crippen molar-refractivity contribution in [2.75, 3.05) is 17.7 Å². The van der Waals surface area contributed by atoms with E-state index in [4.69, 9.17) is 9.26 Å². The van der Waals surface area contributed by atoms with Crippen LogP contribution in [0.25, 0.3) is 0 Å². The lowest BCUT2D eigenvalue weighted by atomic mass is 10.2. The molecule has 25 heavy (non-hydrogen) atoms. The summed E-state index contributed by atoms with van der Waals surface area (Å²) in [6.45, 7) is 7.03. The topological polar surface area (TPSA) is 99.2 Å². The van der Waals surface area contributed by atoms with Gasteiger partial charge in [-0.2, -0.15) is 5.10 Å². The Labute approximate surface area is 150 Å². The van der Waals surface area contributed by atoms with E-state index in [1.807, 2.05) is 20.8 Å². The molecule has 0 aromatic carbocycles. The van der Waals surface area contributed by atoms with Gasteiger partial charge in [0.15, 0.2) is 6.61 Å². The minimum atomic E-state index is -0.438. The van der Waals surface area contributed by atoms with E-state index >= 15 is 0 Å². The third-order valence-corrected chi connectivity index (χ3v) is 4.72. The normalized spacial score (nSPS) is 10.8. The van der Waals surface area contributed by atoms with Crippen molar-refractivity contribution in [2.24, 2.45) is 7.05 Å². The largest absolute Gasteiger partial charge is 0.455 e. The molecule has 2 aromatic rings. The zero-order valence-electron chi connectivity index (χ0n) is 15.0. The van der Waals surface area contributed by atoms with Crippen LogP contribution in [0, 0.1) is 27.7 Å². The molecule has 2 heterocycles. The van der Waals surface area contributed by atoms with Crippen molar-refractivity contribution in [1.82, 2.24) is 14.9 Å². The standard InChI is InChI=1S/C16H22N4O4S/c1-9-13(12(4)24-19-9)7-25-8-15(22)23-6-14(21)17-16-10(2)18-20(5)11(16)3/h6-8H2,1-5H3,(H,17,21). The molecule has 9 heteroatoms. The van der Waals surface area contributed by atoms with Gasteiger partial charge >= 0.3 is 5.97 Å². The number of aryl methyl sites for hydroxylation is 4. The lowest BCUT2D eigenvalue weighted by molar-refractivity contribution is -0.144. The molecular formula is C16H22N4O4S. The Morgan fingerprint density at radius 2 is 1.96 bits per heavy atom. The third kappa shape index (κ3) is 4.85. The van der Waals surface area contributed by atoms with Crippen LogP contribution in [-0.4, -0.2) is 39.2 Å². The van der Waals surface area contributed by atoms with Gasteiger partial charge in [0.05, 0.1) is 28.5 Å². The molecule has 1 N–H and O–H groups in total. The Morgan fingerprint density at radius 3 is 2.52 bits per heavy atom. The van der Waals surface area contributed by atoms with Gasteiger partial charge in [-0.1, -0.05) is 5.16 Å². The first-order valence-electron chi connectivity index (χ1n) is 7.74. The first kappa shape index (κ1) is 19.0. The van der Waals surface area contributed by atoms with Crippen LogP contribution in [0.5, 0.6) is 0 Å². The highest BCUT2D eigenvalue weighted by Gasteiger charge is 2.15. The Balaban J connectivity index is 1.73. The fourth-order valence-electron chi connectivity index (χ4n) is 2.26. The number of anilines is 1. The van der Waals surface area contributed by atoms with Crippen LogP contribution in [0.1, 0.15) is 28.4 Å². The molecular weight excluding hydrogens is 344 g/mol. The number of nitrogens with zero attached hydrogens (tertiary/aromatic N) is 3.